The largest absolute Gasteiger partial charge is 0.469 e. The Morgan fingerprint density at radius 1 is 1.43 bits per heavy atom. The van der Waals surface area contributed by atoms with Crippen LogP contribution in [-0.2, 0) is 18.6 Å². The number of aromatic amines is 1. The number of ether oxygens (including phenoxy) is 2. The molecule has 2 aromatic rings. The molecule has 0 radical (unpaired) electrons. The molecule has 0 aromatic carbocycles. The molecule has 1 fully saturated rings. The zero-order valence-electron chi connectivity index (χ0n) is 13.9. The first-order chi connectivity index (χ1) is 13.1. The van der Waals surface area contributed by atoms with Gasteiger partial charge in [0.15, 0.2) is 17.4 Å². The maximum atomic E-state index is 12.4. The molecule has 16 heteroatoms. The zero-order chi connectivity index (χ0) is 20.6. The quantitative estimate of drug-likeness (QED) is 0.337. The first kappa shape index (κ1) is 20.7. The van der Waals surface area contributed by atoms with E-state index in [1.807, 2.05) is 0 Å². The van der Waals surface area contributed by atoms with Crippen LogP contribution in [0.1, 0.15) is 6.23 Å². The van der Waals surface area contributed by atoms with Crippen LogP contribution >= 0.6 is 7.82 Å². The third kappa shape index (κ3) is 4.35. The number of anilines is 1. The summed E-state index contributed by atoms with van der Waals surface area (Å²) in [6.07, 6.45) is -2.86. The predicted molar refractivity (Wildman–Crippen MR) is 85.9 cm³/mol. The summed E-state index contributed by atoms with van der Waals surface area (Å²) in [7, 11) is -4.88. The molecule has 6 N–H and O–H groups in total. The van der Waals surface area contributed by atoms with Crippen molar-refractivity contribution in [3.05, 3.63) is 16.7 Å². The second-order valence-corrected chi connectivity index (χ2v) is 7.11. The van der Waals surface area contributed by atoms with E-state index in [2.05, 4.69) is 24.2 Å². The van der Waals surface area contributed by atoms with Crippen LogP contribution in [0, 0.1) is 5.92 Å². The lowest BCUT2D eigenvalue weighted by Gasteiger charge is -2.20. The van der Waals surface area contributed by atoms with Crippen molar-refractivity contribution >= 4 is 24.9 Å². The highest BCUT2D eigenvalue weighted by Crippen LogP contribution is 2.40. The van der Waals surface area contributed by atoms with Crippen LogP contribution in [0.2, 0.25) is 0 Å². The summed E-state index contributed by atoms with van der Waals surface area (Å²) < 4.78 is 51.0. The Bertz CT molecular complexity index is 948. The van der Waals surface area contributed by atoms with Crippen molar-refractivity contribution in [3.8, 4) is 0 Å². The van der Waals surface area contributed by atoms with E-state index in [0.717, 1.165) is 10.9 Å². The molecule has 0 spiro atoms. The smallest absolute Gasteiger partial charge is 0.388 e. The van der Waals surface area contributed by atoms with E-state index in [-0.39, 0.29) is 17.1 Å². The molecule has 13 nitrogen and oxygen atoms in total. The second-order valence-electron chi connectivity index (χ2n) is 5.88. The van der Waals surface area contributed by atoms with Crippen molar-refractivity contribution < 1.29 is 42.2 Å². The lowest BCUT2D eigenvalue weighted by Crippen LogP contribution is -2.33. The molecule has 1 aliphatic heterocycles. The number of phosphoric acid groups is 1. The van der Waals surface area contributed by atoms with Gasteiger partial charge in [-0.25, -0.2) is 9.55 Å². The maximum absolute atomic E-state index is 12.4. The van der Waals surface area contributed by atoms with Crippen LogP contribution < -0.4 is 11.3 Å². The van der Waals surface area contributed by atoms with Crippen LogP contribution in [0.3, 0.4) is 0 Å². The number of nitrogens with two attached hydrogens (primary N) is 1. The molecule has 0 aliphatic carbocycles. The topological polar surface area (TPSA) is 195 Å². The first-order valence-electron chi connectivity index (χ1n) is 7.72. The van der Waals surface area contributed by atoms with Gasteiger partial charge in [-0.2, -0.15) is 13.8 Å². The van der Waals surface area contributed by atoms with Crippen molar-refractivity contribution in [3.63, 3.8) is 0 Å². The number of H-pyrrole nitrogens is 1. The summed E-state index contributed by atoms with van der Waals surface area (Å²) in [5.41, 5.74) is 4.69. The number of halogens is 2. The number of alkyl halides is 2. The van der Waals surface area contributed by atoms with Crippen LogP contribution in [0.4, 0.5) is 14.7 Å². The fraction of sp³-hybridized carbons (Fsp3) is 0.583. The molecule has 3 heterocycles. The average molecular weight is 427 g/mol. The number of fused-ring (bicyclic) bond motifs is 1. The molecular weight excluding hydrogens is 411 g/mol. The van der Waals surface area contributed by atoms with Gasteiger partial charge in [0.2, 0.25) is 5.95 Å². The third-order valence-corrected chi connectivity index (χ3v) is 4.55. The van der Waals surface area contributed by atoms with Gasteiger partial charge in [0.1, 0.15) is 6.10 Å². The van der Waals surface area contributed by atoms with Crippen molar-refractivity contribution in [2.24, 2.45) is 5.92 Å². The summed E-state index contributed by atoms with van der Waals surface area (Å²) in [6.45, 7) is -4.53. The summed E-state index contributed by atoms with van der Waals surface area (Å²) in [5.74, 6) is -1.37. The number of aliphatic hydroxyl groups excluding tert-OH is 1. The number of aromatic nitrogens is 4. The number of hydrogen-bond acceptors (Lipinski definition) is 9. The molecule has 4 atom stereocenters. The lowest BCUT2D eigenvalue weighted by molar-refractivity contribution is -0.147. The van der Waals surface area contributed by atoms with E-state index in [1.165, 1.54) is 0 Å². The van der Waals surface area contributed by atoms with Crippen LogP contribution in [0.15, 0.2) is 11.1 Å². The van der Waals surface area contributed by atoms with Crippen molar-refractivity contribution in [2.45, 2.75) is 25.0 Å². The van der Waals surface area contributed by atoms with Gasteiger partial charge in [-0.15, -0.1) is 0 Å². The Labute approximate surface area is 154 Å². The molecule has 1 saturated heterocycles. The minimum absolute atomic E-state index is 0.0459. The number of nitrogens with zero attached hydrogens (tertiary/aromatic N) is 3. The Morgan fingerprint density at radius 2 is 2.14 bits per heavy atom. The van der Waals surface area contributed by atoms with Crippen LogP contribution in [0.5, 0.6) is 0 Å². The van der Waals surface area contributed by atoms with E-state index < -0.39 is 57.6 Å². The highest BCUT2D eigenvalue weighted by Gasteiger charge is 2.46. The van der Waals surface area contributed by atoms with Gasteiger partial charge in [0.05, 0.1) is 25.6 Å². The molecule has 1 aliphatic rings. The summed E-state index contributed by atoms with van der Waals surface area (Å²) in [6, 6.07) is 0. The standard InChI is InChI=1S/C12H16F2N5O8P/c13-11(14)25-1-4-5(2-26-28(22,23)24)27-10(7(4)20)19-3-16-6-8(19)17-12(15)18-9(6)21/h3-5,7,10-11,20H,1-2H2,(H2,22,23,24)(H3,15,17,18,21)/t4-,5-,7-,10-/m1/s1. The molecular formula is C12H16F2N5O8P. The Morgan fingerprint density at radius 3 is 2.79 bits per heavy atom. The number of rotatable bonds is 7. The van der Waals surface area contributed by atoms with Gasteiger partial charge >= 0.3 is 14.4 Å². The molecule has 156 valence electrons. The van der Waals surface area contributed by atoms with Crippen molar-refractivity contribution in [1.82, 2.24) is 19.5 Å². The summed E-state index contributed by atoms with van der Waals surface area (Å²) >= 11 is 0. The molecule has 0 saturated carbocycles. The first-order valence-corrected chi connectivity index (χ1v) is 9.25. The van der Waals surface area contributed by atoms with Gasteiger partial charge in [0, 0.05) is 5.92 Å². The lowest BCUT2D eigenvalue weighted by atomic mass is 9.99. The van der Waals surface area contributed by atoms with Gasteiger partial charge in [-0.3, -0.25) is 18.9 Å². The summed E-state index contributed by atoms with van der Waals surface area (Å²) in [4.78, 5) is 39.5. The molecule has 0 bridgehead atoms. The van der Waals surface area contributed by atoms with E-state index in [9.17, 15) is 23.2 Å². The number of phosphoric ester groups is 1. The highest BCUT2D eigenvalue weighted by molar-refractivity contribution is 7.46. The number of aliphatic hydroxyl groups is 1. The van der Waals surface area contributed by atoms with Crippen molar-refractivity contribution in [2.75, 3.05) is 18.9 Å². The van der Waals surface area contributed by atoms with Crippen molar-refractivity contribution in [1.29, 1.82) is 0 Å². The SMILES string of the molecule is Nc1nc2c(ncn2[C@@H]2O[C@H](COP(=O)(O)O)[C@@H](COC(F)F)[C@H]2O)c(=O)[nH]1. The fourth-order valence-electron chi connectivity index (χ4n) is 2.87. The minimum Gasteiger partial charge on any atom is -0.388 e. The van der Waals surface area contributed by atoms with E-state index >= 15 is 0 Å². The minimum atomic E-state index is -4.88. The Hall–Kier alpha value is -2.00. The Balaban J connectivity index is 1.91. The normalized spacial score (nSPS) is 25.8. The van der Waals surface area contributed by atoms with E-state index in [4.69, 9.17) is 20.3 Å². The van der Waals surface area contributed by atoms with Gasteiger partial charge in [0.25, 0.3) is 5.56 Å². The van der Waals surface area contributed by atoms with E-state index in [1.54, 1.807) is 0 Å². The second kappa shape index (κ2) is 7.79. The highest BCUT2D eigenvalue weighted by atomic mass is 31.2. The van der Waals surface area contributed by atoms with Gasteiger partial charge in [-0.1, -0.05) is 0 Å². The number of nitrogens with one attached hydrogen (secondary N) is 1. The molecule has 3 rings (SSSR count). The average Bonchev–Trinajstić information content (AvgIpc) is 3.11. The van der Waals surface area contributed by atoms with Crippen LogP contribution in [-0.4, -0.2) is 66.4 Å². The summed E-state index contributed by atoms with van der Waals surface area (Å²) in [5, 5.41) is 10.5. The fourth-order valence-corrected chi connectivity index (χ4v) is 3.22. The molecule has 28 heavy (non-hydrogen) atoms. The third-order valence-electron chi connectivity index (χ3n) is 4.07. The molecule has 0 amide bonds. The molecule has 0 unspecified atom stereocenters. The van der Waals surface area contributed by atoms with Crippen LogP contribution in [0.25, 0.3) is 11.2 Å². The number of imidazole rings is 1. The van der Waals surface area contributed by atoms with Gasteiger partial charge < -0.3 is 30.1 Å². The number of nitrogen functional groups attached to an aromatic ring is 1. The zero-order valence-corrected chi connectivity index (χ0v) is 14.8. The molecule has 2 aromatic heterocycles. The van der Waals surface area contributed by atoms with Gasteiger partial charge in [-0.05, 0) is 0 Å². The van der Waals surface area contributed by atoms with E-state index in [0.29, 0.717) is 0 Å². The maximum Gasteiger partial charge on any atom is 0.469 e. The number of hydrogen-bond donors (Lipinski definition) is 5. The monoisotopic (exact) mass is 427 g/mol. The predicted octanol–water partition coefficient (Wildman–Crippen LogP) is -1.08. The Kier molecular flexibility index (Phi) is 5.77.